The number of rotatable bonds is 8. The number of carbonyl (C=O) groups is 2. The lowest BCUT2D eigenvalue weighted by molar-refractivity contribution is -0.385. The van der Waals surface area contributed by atoms with Crippen LogP contribution < -0.4 is 9.47 Å². The lowest BCUT2D eigenvalue weighted by Crippen LogP contribution is -2.13. The number of esters is 1. The van der Waals surface area contributed by atoms with Crippen molar-refractivity contribution in [3.8, 4) is 17.6 Å². The molecule has 0 aliphatic carbocycles. The van der Waals surface area contributed by atoms with Crippen LogP contribution in [0, 0.1) is 35.3 Å². The number of nitriles is 1. The summed E-state index contributed by atoms with van der Waals surface area (Å²) in [6.45, 7) is 4.92. The zero-order valence-electron chi connectivity index (χ0n) is 17.7. The first-order valence-corrected chi connectivity index (χ1v) is 9.13. The molecule has 162 valence electrons. The second kappa shape index (κ2) is 9.58. The smallest absolute Gasteiger partial charge is 0.340 e. The lowest BCUT2D eigenvalue weighted by atomic mass is 9.97. The number of aromatic nitrogens is 1. The molecule has 10 nitrogen and oxygen atoms in total. The van der Waals surface area contributed by atoms with Gasteiger partial charge in [0.15, 0.2) is 11.5 Å². The fourth-order valence-corrected chi connectivity index (χ4v) is 3.12. The average molecular weight is 427 g/mol. The van der Waals surface area contributed by atoms with Crippen molar-refractivity contribution in [3.63, 3.8) is 0 Å². The lowest BCUT2D eigenvalue weighted by Gasteiger charge is -2.09. The summed E-state index contributed by atoms with van der Waals surface area (Å²) in [5.41, 5.74) is -0.0368. The molecule has 1 N–H and O–H groups in total. The number of hydrogen-bond donors (Lipinski definition) is 1. The highest BCUT2D eigenvalue weighted by atomic mass is 16.6. The Morgan fingerprint density at radius 3 is 2.26 bits per heavy atom. The number of ketones is 1. The highest BCUT2D eigenvalue weighted by Crippen LogP contribution is 2.36. The molecule has 1 aromatic carbocycles. The van der Waals surface area contributed by atoms with Crippen molar-refractivity contribution in [2.45, 2.75) is 20.8 Å². The normalized spacial score (nSPS) is 10.9. The fourth-order valence-electron chi connectivity index (χ4n) is 3.12. The van der Waals surface area contributed by atoms with Crippen LogP contribution in [0.1, 0.15) is 44.6 Å². The third-order valence-electron chi connectivity index (χ3n) is 4.48. The van der Waals surface area contributed by atoms with Gasteiger partial charge in [-0.3, -0.25) is 14.9 Å². The van der Waals surface area contributed by atoms with E-state index in [1.165, 1.54) is 20.3 Å². The Balaban J connectivity index is 2.68. The average Bonchev–Trinajstić information content (AvgIpc) is 3.04. The summed E-state index contributed by atoms with van der Waals surface area (Å²) in [6.07, 6.45) is 1.08. The van der Waals surface area contributed by atoms with Crippen molar-refractivity contribution in [2.75, 3.05) is 20.8 Å². The monoisotopic (exact) mass is 427 g/mol. The van der Waals surface area contributed by atoms with E-state index in [4.69, 9.17) is 14.2 Å². The number of Topliss-reactive ketones (excluding diaryl/α,β-unsaturated/α-hetero) is 1. The standard InChI is InChI=1S/C21H21N3O7/c1-6-31-21(26)19-12(3)23-11(2)18(19)20(25)14(10-22)7-13-8-16(29-4)17(30-5)9-15(13)24(27)28/h7-9,23H,6H2,1-5H3/b14-7+. The summed E-state index contributed by atoms with van der Waals surface area (Å²) < 4.78 is 15.3. The topological polar surface area (TPSA) is 145 Å². The Kier molecular flexibility index (Phi) is 7.15. The van der Waals surface area contributed by atoms with Crippen LogP contribution in [0.2, 0.25) is 0 Å². The number of hydrogen-bond acceptors (Lipinski definition) is 8. The van der Waals surface area contributed by atoms with Crippen LogP contribution in [0.3, 0.4) is 0 Å². The Morgan fingerprint density at radius 2 is 1.74 bits per heavy atom. The van der Waals surface area contributed by atoms with E-state index in [-0.39, 0.29) is 40.5 Å². The van der Waals surface area contributed by atoms with E-state index in [1.54, 1.807) is 26.8 Å². The highest BCUT2D eigenvalue weighted by Gasteiger charge is 2.28. The summed E-state index contributed by atoms with van der Waals surface area (Å²) in [6, 6.07) is 4.20. The van der Waals surface area contributed by atoms with Crippen molar-refractivity contribution in [3.05, 3.63) is 55.9 Å². The molecule has 1 aromatic heterocycles. The van der Waals surface area contributed by atoms with Crippen molar-refractivity contribution < 1.29 is 28.7 Å². The highest BCUT2D eigenvalue weighted by molar-refractivity contribution is 6.19. The zero-order valence-corrected chi connectivity index (χ0v) is 17.7. The fraction of sp³-hybridized carbons (Fsp3) is 0.286. The molecular formula is C21H21N3O7. The van der Waals surface area contributed by atoms with Gasteiger partial charge in [0.2, 0.25) is 5.78 Å². The van der Waals surface area contributed by atoms with Crippen molar-refractivity contribution in [1.29, 1.82) is 5.26 Å². The Bertz CT molecular complexity index is 1120. The molecule has 0 saturated carbocycles. The maximum absolute atomic E-state index is 13.2. The zero-order chi connectivity index (χ0) is 23.3. The first kappa shape index (κ1) is 23.2. The first-order valence-electron chi connectivity index (χ1n) is 9.13. The Morgan fingerprint density at radius 1 is 1.16 bits per heavy atom. The minimum Gasteiger partial charge on any atom is -0.493 e. The second-order valence-electron chi connectivity index (χ2n) is 6.37. The van der Waals surface area contributed by atoms with Gasteiger partial charge in [-0.2, -0.15) is 5.26 Å². The van der Waals surface area contributed by atoms with Gasteiger partial charge in [0, 0.05) is 11.4 Å². The first-order chi connectivity index (χ1) is 14.7. The number of nitro benzene ring substituents is 1. The quantitative estimate of drug-likeness (QED) is 0.168. The molecular weight excluding hydrogens is 406 g/mol. The number of benzene rings is 1. The molecule has 0 saturated heterocycles. The third-order valence-corrected chi connectivity index (χ3v) is 4.48. The van der Waals surface area contributed by atoms with Crippen LogP contribution in [0.4, 0.5) is 5.69 Å². The van der Waals surface area contributed by atoms with Crippen molar-refractivity contribution in [1.82, 2.24) is 4.98 Å². The van der Waals surface area contributed by atoms with Crippen LogP contribution in [-0.2, 0) is 4.74 Å². The minimum atomic E-state index is -0.767. The number of methoxy groups -OCH3 is 2. The number of nitrogens with one attached hydrogen (secondary N) is 1. The molecule has 0 aliphatic heterocycles. The van der Waals surface area contributed by atoms with E-state index < -0.39 is 22.2 Å². The predicted octanol–water partition coefficient (Wildman–Crippen LogP) is 3.52. The second-order valence-corrected chi connectivity index (χ2v) is 6.37. The van der Waals surface area contributed by atoms with Gasteiger partial charge in [0.05, 0.1) is 48.5 Å². The molecule has 0 aliphatic rings. The van der Waals surface area contributed by atoms with Gasteiger partial charge >= 0.3 is 5.97 Å². The van der Waals surface area contributed by atoms with E-state index in [2.05, 4.69) is 4.98 Å². The van der Waals surface area contributed by atoms with Gasteiger partial charge in [-0.05, 0) is 32.9 Å². The number of carbonyl (C=O) groups excluding carboxylic acids is 2. The number of aromatic amines is 1. The van der Waals surface area contributed by atoms with Crippen LogP contribution >= 0.6 is 0 Å². The molecule has 0 spiro atoms. The predicted molar refractivity (Wildman–Crippen MR) is 110 cm³/mol. The molecule has 0 bridgehead atoms. The van der Waals surface area contributed by atoms with Gasteiger partial charge in [0.1, 0.15) is 11.6 Å². The maximum atomic E-state index is 13.2. The van der Waals surface area contributed by atoms with E-state index in [9.17, 15) is 25.0 Å². The van der Waals surface area contributed by atoms with Gasteiger partial charge in [0.25, 0.3) is 5.69 Å². The van der Waals surface area contributed by atoms with E-state index >= 15 is 0 Å². The van der Waals surface area contributed by atoms with Gasteiger partial charge < -0.3 is 19.2 Å². The minimum absolute atomic E-state index is 0.0207. The number of ether oxygens (including phenoxy) is 3. The molecule has 0 amide bonds. The van der Waals surface area contributed by atoms with Gasteiger partial charge in [-0.1, -0.05) is 0 Å². The van der Waals surface area contributed by atoms with E-state index in [1.807, 2.05) is 0 Å². The molecule has 2 rings (SSSR count). The number of nitro groups is 1. The van der Waals surface area contributed by atoms with Gasteiger partial charge in [-0.25, -0.2) is 4.79 Å². The largest absolute Gasteiger partial charge is 0.493 e. The van der Waals surface area contributed by atoms with Crippen LogP contribution in [0.15, 0.2) is 17.7 Å². The Hall–Kier alpha value is -4.13. The molecule has 2 aromatic rings. The molecule has 31 heavy (non-hydrogen) atoms. The molecule has 0 unspecified atom stereocenters. The van der Waals surface area contributed by atoms with Crippen molar-refractivity contribution in [2.24, 2.45) is 0 Å². The SMILES string of the molecule is CCOC(=O)c1c(C)[nH]c(C)c1C(=O)/C(C#N)=C/c1cc(OC)c(OC)cc1[N+](=O)[O-]. The maximum Gasteiger partial charge on any atom is 0.340 e. The van der Waals surface area contributed by atoms with Crippen LogP contribution in [-0.4, -0.2) is 42.5 Å². The van der Waals surface area contributed by atoms with E-state index in [0.29, 0.717) is 11.4 Å². The molecule has 1 heterocycles. The third kappa shape index (κ3) is 4.56. The molecule has 0 fully saturated rings. The van der Waals surface area contributed by atoms with Gasteiger partial charge in [-0.15, -0.1) is 0 Å². The summed E-state index contributed by atoms with van der Waals surface area (Å²) >= 11 is 0. The number of aryl methyl sites for hydroxylation is 2. The number of allylic oxidation sites excluding steroid dienone is 1. The van der Waals surface area contributed by atoms with E-state index in [0.717, 1.165) is 12.1 Å². The van der Waals surface area contributed by atoms with Crippen molar-refractivity contribution >= 4 is 23.5 Å². The molecule has 0 radical (unpaired) electrons. The number of nitrogens with zero attached hydrogens (tertiary/aromatic N) is 2. The summed E-state index contributed by atoms with van der Waals surface area (Å²) in [4.78, 5) is 39.3. The van der Waals surface area contributed by atoms with Crippen LogP contribution in [0.25, 0.3) is 6.08 Å². The molecule has 10 heteroatoms. The van der Waals surface area contributed by atoms with Crippen LogP contribution in [0.5, 0.6) is 11.5 Å². The number of H-pyrrole nitrogens is 1. The summed E-state index contributed by atoms with van der Waals surface area (Å²) in [7, 11) is 2.68. The Labute approximate surface area is 178 Å². The molecule has 0 atom stereocenters. The summed E-state index contributed by atoms with van der Waals surface area (Å²) in [5.74, 6) is -1.17. The summed E-state index contributed by atoms with van der Waals surface area (Å²) in [5, 5.41) is 21.1.